The lowest BCUT2D eigenvalue weighted by molar-refractivity contribution is -0.722. The Morgan fingerprint density at radius 2 is 1.83 bits per heavy atom. The summed E-state index contributed by atoms with van der Waals surface area (Å²) in [5.74, 6) is 0.821. The summed E-state index contributed by atoms with van der Waals surface area (Å²) in [5.41, 5.74) is 1.44. The fraction of sp³-hybridized carbons (Fsp3) is 0.600. The normalized spacial score (nSPS) is 13.4. The van der Waals surface area contributed by atoms with Crippen LogP contribution in [0.5, 0.6) is 5.75 Å². The number of aryl methyl sites for hydroxylation is 1. The van der Waals surface area contributed by atoms with Gasteiger partial charge in [-0.25, -0.2) is 0 Å². The summed E-state index contributed by atoms with van der Waals surface area (Å²) in [4.78, 5) is 0. The third-order valence-electron chi connectivity index (χ3n) is 2.78. The van der Waals surface area contributed by atoms with Crippen molar-refractivity contribution in [2.45, 2.75) is 45.8 Å². The Hall–Kier alpha value is -1.06. The number of nitrogens with two attached hydrogens (primary N) is 1. The molecule has 3 nitrogen and oxygen atoms in total. The molecule has 0 aromatic heterocycles. The van der Waals surface area contributed by atoms with Gasteiger partial charge in [0, 0.05) is 0 Å². The number of ether oxygens (including phenoxy) is 1. The van der Waals surface area contributed by atoms with Gasteiger partial charge in [-0.05, 0) is 44.9 Å². The van der Waals surface area contributed by atoms with E-state index in [0.29, 0.717) is 13.2 Å². The molecule has 1 atom stereocenters. The summed E-state index contributed by atoms with van der Waals surface area (Å²) in [6.07, 6.45) is 0.596. The lowest BCUT2D eigenvalue weighted by Crippen LogP contribution is -2.96. The molecule has 0 saturated carbocycles. The molecule has 0 aliphatic heterocycles. The average molecular weight is 252 g/mol. The minimum absolute atomic E-state index is 0.143. The zero-order valence-electron chi connectivity index (χ0n) is 11.9. The molecule has 0 unspecified atom stereocenters. The van der Waals surface area contributed by atoms with Crippen molar-refractivity contribution in [2.75, 3.05) is 13.2 Å². The maximum absolute atomic E-state index is 9.82. The fourth-order valence-electron chi connectivity index (χ4n) is 1.57. The first-order chi connectivity index (χ1) is 8.40. The van der Waals surface area contributed by atoms with Gasteiger partial charge in [-0.2, -0.15) is 0 Å². The van der Waals surface area contributed by atoms with Gasteiger partial charge < -0.3 is 15.2 Å². The summed E-state index contributed by atoms with van der Waals surface area (Å²) < 4.78 is 5.56. The molecule has 1 aromatic carbocycles. The van der Waals surface area contributed by atoms with Crippen molar-refractivity contribution in [3.63, 3.8) is 0 Å². The quantitative estimate of drug-likeness (QED) is 0.803. The maximum Gasteiger partial charge on any atom is 0.137 e. The van der Waals surface area contributed by atoms with Crippen LogP contribution in [0.1, 0.15) is 33.3 Å². The molecule has 0 aliphatic carbocycles. The Labute approximate surface area is 110 Å². The number of quaternary nitrogens is 1. The van der Waals surface area contributed by atoms with Crippen LogP contribution in [0.4, 0.5) is 0 Å². The van der Waals surface area contributed by atoms with Crippen LogP contribution >= 0.6 is 0 Å². The minimum Gasteiger partial charge on any atom is -0.491 e. The number of rotatable bonds is 6. The fourth-order valence-corrected chi connectivity index (χ4v) is 1.57. The molecule has 1 aromatic rings. The van der Waals surface area contributed by atoms with Gasteiger partial charge in [0.25, 0.3) is 0 Å². The van der Waals surface area contributed by atoms with Crippen LogP contribution in [0.3, 0.4) is 0 Å². The molecule has 0 amide bonds. The van der Waals surface area contributed by atoms with E-state index in [1.807, 2.05) is 12.1 Å². The van der Waals surface area contributed by atoms with Gasteiger partial charge in [0.05, 0.1) is 5.54 Å². The number of benzene rings is 1. The third kappa shape index (κ3) is 6.03. The van der Waals surface area contributed by atoms with Crippen molar-refractivity contribution >= 4 is 0 Å². The van der Waals surface area contributed by atoms with Crippen LogP contribution in [-0.2, 0) is 6.42 Å². The first-order valence-electron chi connectivity index (χ1n) is 6.65. The Bertz CT molecular complexity index is 341. The summed E-state index contributed by atoms with van der Waals surface area (Å²) in [7, 11) is 0. The maximum atomic E-state index is 9.82. The van der Waals surface area contributed by atoms with E-state index >= 15 is 0 Å². The Balaban J connectivity index is 2.31. The van der Waals surface area contributed by atoms with Gasteiger partial charge in [-0.15, -0.1) is 0 Å². The molecule has 3 N–H and O–H groups in total. The SMILES string of the molecule is CCc1ccc(OC[C@H](O)C[NH2+]C(C)(C)C)cc1. The van der Waals surface area contributed by atoms with E-state index in [0.717, 1.165) is 12.2 Å². The van der Waals surface area contributed by atoms with E-state index in [4.69, 9.17) is 4.74 Å². The first-order valence-corrected chi connectivity index (χ1v) is 6.65. The van der Waals surface area contributed by atoms with Crippen LogP contribution in [0, 0.1) is 0 Å². The highest BCUT2D eigenvalue weighted by molar-refractivity contribution is 5.27. The monoisotopic (exact) mass is 252 g/mol. The van der Waals surface area contributed by atoms with Crippen molar-refractivity contribution in [3.8, 4) is 5.75 Å². The molecule has 0 spiro atoms. The zero-order valence-corrected chi connectivity index (χ0v) is 11.9. The van der Waals surface area contributed by atoms with Gasteiger partial charge in [0.1, 0.15) is 25.0 Å². The van der Waals surface area contributed by atoms with E-state index in [2.05, 4.69) is 45.1 Å². The lowest BCUT2D eigenvalue weighted by atomic mass is 10.1. The van der Waals surface area contributed by atoms with Crippen LogP contribution in [0.15, 0.2) is 24.3 Å². The zero-order chi connectivity index (χ0) is 13.6. The largest absolute Gasteiger partial charge is 0.491 e. The number of hydrogen-bond acceptors (Lipinski definition) is 2. The molecule has 18 heavy (non-hydrogen) atoms. The van der Waals surface area contributed by atoms with Crippen LogP contribution in [0.25, 0.3) is 0 Å². The number of hydrogen-bond donors (Lipinski definition) is 2. The van der Waals surface area contributed by atoms with Gasteiger partial charge in [0.15, 0.2) is 0 Å². The van der Waals surface area contributed by atoms with Crippen LogP contribution < -0.4 is 10.1 Å². The summed E-state index contributed by atoms with van der Waals surface area (Å²) in [6.45, 7) is 9.52. The standard InChI is InChI=1S/C15H25NO2/c1-5-12-6-8-14(9-7-12)18-11-13(17)10-16-15(2,3)4/h6-9,13,16-17H,5,10-11H2,1-4H3/p+1/t13-/m1/s1. The Morgan fingerprint density at radius 3 is 2.33 bits per heavy atom. The molecule has 1 rings (SSSR count). The molecule has 0 saturated heterocycles. The summed E-state index contributed by atoms with van der Waals surface area (Å²) >= 11 is 0. The summed E-state index contributed by atoms with van der Waals surface area (Å²) in [5, 5.41) is 11.9. The van der Waals surface area contributed by atoms with Gasteiger partial charge in [0.2, 0.25) is 0 Å². The van der Waals surface area contributed by atoms with Crippen molar-refractivity contribution in [2.24, 2.45) is 0 Å². The van der Waals surface area contributed by atoms with Gasteiger partial charge >= 0.3 is 0 Å². The molecule has 3 heteroatoms. The average Bonchev–Trinajstić information content (AvgIpc) is 2.33. The molecular formula is C15H26NO2+. The topological polar surface area (TPSA) is 46.1 Å². The van der Waals surface area contributed by atoms with E-state index in [1.54, 1.807) is 0 Å². The molecule has 0 aliphatic rings. The highest BCUT2D eigenvalue weighted by Crippen LogP contribution is 2.12. The molecule has 0 bridgehead atoms. The third-order valence-corrected chi connectivity index (χ3v) is 2.78. The second-order valence-electron chi connectivity index (χ2n) is 5.77. The second kappa shape index (κ2) is 6.76. The minimum atomic E-state index is -0.435. The number of aliphatic hydroxyl groups is 1. The van der Waals surface area contributed by atoms with E-state index < -0.39 is 6.10 Å². The Morgan fingerprint density at radius 1 is 1.22 bits per heavy atom. The van der Waals surface area contributed by atoms with Gasteiger partial charge in [-0.3, -0.25) is 0 Å². The van der Waals surface area contributed by atoms with E-state index in [1.165, 1.54) is 5.56 Å². The van der Waals surface area contributed by atoms with Crippen LogP contribution in [0.2, 0.25) is 0 Å². The van der Waals surface area contributed by atoms with Gasteiger partial charge in [-0.1, -0.05) is 19.1 Å². The smallest absolute Gasteiger partial charge is 0.137 e. The van der Waals surface area contributed by atoms with Crippen molar-refractivity contribution in [1.29, 1.82) is 0 Å². The molecule has 102 valence electrons. The van der Waals surface area contributed by atoms with E-state index in [-0.39, 0.29) is 5.54 Å². The Kier molecular flexibility index (Phi) is 5.63. The summed E-state index contributed by atoms with van der Waals surface area (Å²) in [6, 6.07) is 8.03. The highest BCUT2D eigenvalue weighted by atomic mass is 16.5. The highest BCUT2D eigenvalue weighted by Gasteiger charge is 2.16. The van der Waals surface area contributed by atoms with Crippen LogP contribution in [-0.4, -0.2) is 29.9 Å². The van der Waals surface area contributed by atoms with Crippen molar-refractivity contribution < 1.29 is 15.2 Å². The predicted octanol–water partition coefficient (Wildman–Crippen LogP) is 1.35. The number of aliphatic hydroxyl groups excluding tert-OH is 1. The van der Waals surface area contributed by atoms with E-state index in [9.17, 15) is 5.11 Å². The molecular weight excluding hydrogens is 226 g/mol. The lowest BCUT2D eigenvalue weighted by Gasteiger charge is -2.19. The van der Waals surface area contributed by atoms with Crippen molar-refractivity contribution in [3.05, 3.63) is 29.8 Å². The molecule has 0 heterocycles. The predicted molar refractivity (Wildman–Crippen MR) is 73.9 cm³/mol. The first kappa shape index (κ1) is 15.0. The molecule has 0 radical (unpaired) electrons. The second-order valence-corrected chi connectivity index (χ2v) is 5.77. The van der Waals surface area contributed by atoms with Crippen molar-refractivity contribution in [1.82, 2.24) is 0 Å². The molecule has 0 fully saturated rings.